The second kappa shape index (κ2) is 5.85. The molecular formula is C11H25NO2S. The Bertz CT molecular complexity index is 270. The Kier molecular flexibility index (Phi) is 5.81. The lowest BCUT2D eigenvalue weighted by molar-refractivity contribution is 0.286. The van der Waals surface area contributed by atoms with Crippen molar-refractivity contribution in [2.75, 3.05) is 18.6 Å². The first-order valence-corrected chi connectivity index (χ1v) is 7.42. The number of nitrogens with one attached hydrogen (secondary N) is 1. The molecule has 0 aromatic carbocycles. The van der Waals surface area contributed by atoms with E-state index in [0.29, 0.717) is 11.8 Å². The predicted molar refractivity (Wildman–Crippen MR) is 65.9 cm³/mol. The van der Waals surface area contributed by atoms with Crippen LogP contribution in [0.2, 0.25) is 0 Å². The molecule has 0 saturated heterocycles. The maximum Gasteiger partial charge on any atom is 0.150 e. The van der Waals surface area contributed by atoms with Gasteiger partial charge in [-0.3, -0.25) is 0 Å². The van der Waals surface area contributed by atoms with Crippen molar-refractivity contribution in [3.8, 4) is 0 Å². The molecule has 0 aromatic rings. The average molecular weight is 235 g/mol. The minimum Gasteiger partial charge on any atom is -0.317 e. The summed E-state index contributed by atoms with van der Waals surface area (Å²) in [6.07, 6.45) is 1.75. The molecule has 0 spiro atoms. The maximum atomic E-state index is 11.4. The molecule has 0 bridgehead atoms. The lowest BCUT2D eigenvalue weighted by Gasteiger charge is -2.27. The first-order chi connectivity index (χ1) is 6.72. The molecule has 0 rings (SSSR count). The molecule has 0 aliphatic carbocycles. The van der Waals surface area contributed by atoms with Gasteiger partial charge in [-0.15, -0.1) is 0 Å². The fourth-order valence-corrected chi connectivity index (χ4v) is 2.76. The third-order valence-corrected chi connectivity index (χ3v) is 4.59. The van der Waals surface area contributed by atoms with Gasteiger partial charge >= 0.3 is 0 Å². The molecule has 0 heterocycles. The van der Waals surface area contributed by atoms with Crippen molar-refractivity contribution in [2.24, 2.45) is 5.41 Å². The molecular weight excluding hydrogens is 210 g/mol. The van der Waals surface area contributed by atoms with Gasteiger partial charge in [0.25, 0.3) is 0 Å². The number of hydrogen-bond acceptors (Lipinski definition) is 3. The van der Waals surface area contributed by atoms with Crippen molar-refractivity contribution in [2.45, 2.75) is 46.6 Å². The van der Waals surface area contributed by atoms with Gasteiger partial charge in [0.1, 0.15) is 9.84 Å². The van der Waals surface area contributed by atoms with Crippen molar-refractivity contribution in [3.63, 3.8) is 0 Å². The Labute approximate surface area is 94.6 Å². The van der Waals surface area contributed by atoms with Crippen LogP contribution in [-0.2, 0) is 9.84 Å². The quantitative estimate of drug-likeness (QED) is 0.732. The van der Waals surface area contributed by atoms with E-state index in [4.69, 9.17) is 0 Å². The van der Waals surface area contributed by atoms with E-state index in [1.165, 1.54) is 0 Å². The molecule has 0 radical (unpaired) electrons. The SMILES string of the molecule is CCS(=O)(=O)CCC(C)(C)CC(C)NC. The van der Waals surface area contributed by atoms with Crippen LogP contribution < -0.4 is 5.32 Å². The van der Waals surface area contributed by atoms with E-state index in [1.807, 2.05) is 7.05 Å². The highest BCUT2D eigenvalue weighted by atomic mass is 32.2. The highest BCUT2D eigenvalue weighted by molar-refractivity contribution is 7.91. The van der Waals surface area contributed by atoms with E-state index in [9.17, 15) is 8.42 Å². The molecule has 4 heteroatoms. The molecule has 92 valence electrons. The van der Waals surface area contributed by atoms with Gasteiger partial charge in [0.2, 0.25) is 0 Å². The largest absolute Gasteiger partial charge is 0.317 e. The molecule has 15 heavy (non-hydrogen) atoms. The summed E-state index contributed by atoms with van der Waals surface area (Å²) in [4.78, 5) is 0. The second-order valence-electron chi connectivity index (χ2n) is 5.04. The summed E-state index contributed by atoms with van der Waals surface area (Å²) < 4.78 is 22.8. The average Bonchev–Trinajstić information content (AvgIpc) is 2.14. The van der Waals surface area contributed by atoms with Gasteiger partial charge in [-0.25, -0.2) is 8.42 Å². The van der Waals surface area contributed by atoms with Crippen LogP contribution in [0.1, 0.15) is 40.5 Å². The molecule has 0 fully saturated rings. The number of rotatable bonds is 7. The van der Waals surface area contributed by atoms with E-state index in [1.54, 1.807) is 6.92 Å². The summed E-state index contributed by atoms with van der Waals surface area (Å²) >= 11 is 0. The molecule has 0 aliphatic rings. The van der Waals surface area contributed by atoms with Crippen LogP contribution in [0.5, 0.6) is 0 Å². The van der Waals surface area contributed by atoms with E-state index in [2.05, 4.69) is 26.1 Å². The Morgan fingerprint density at radius 2 is 1.87 bits per heavy atom. The fraction of sp³-hybridized carbons (Fsp3) is 1.00. The van der Waals surface area contributed by atoms with E-state index >= 15 is 0 Å². The minimum atomic E-state index is -2.82. The summed E-state index contributed by atoms with van der Waals surface area (Å²) in [5.41, 5.74) is 0.0880. The highest BCUT2D eigenvalue weighted by Crippen LogP contribution is 2.27. The zero-order valence-corrected chi connectivity index (χ0v) is 11.4. The summed E-state index contributed by atoms with van der Waals surface area (Å²) in [5.74, 6) is 0.567. The summed E-state index contributed by atoms with van der Waals surface area (Å²) in [7, 11) is -0.882. The third-order valence-electron chi connectivity index (χ3n) is 2.88. The van der Waals surface area contributed by atoms with Gasteiger partial charge in [0.15, 0.2) is 0 Å². The van der Waals surface area contributed by atoms with Gasteiger partial charge in [0.05, 0.1) is 5.75 Å². The Morgan fingerprint density at radius 3 is 2.27 bits per heavy atom. The van der Waals surface area contributed by atoms with E-state index < -0.39 is 9.84 Å². The Hall–Kier alpha value is -0.0900. The van der Waals surface area contributed by atoms with Crippen LogP contribution in [0.15, 0.2) is 0 Å². The molecule has 1 N–H and O–H groups in total. The van der Waals surface area contributed by atoms with Crippen molar-refractivity contribution in [1.82, 2.24) is 5.32 Å². The smallest absolute Gasteiger partial charge is 0.150 e. The second-order valence-corrected chi connectivity index (χ2v) is 7.52. The van der Waals surface area contributed by atoms with Crippen molar-refractivity contribution in [3.05, 3.63) is 0 Å². The topological polar surface area (TPSA) is 46.2 Å². The molecule has 1 unspecified atom stereocenters. The lowest BCUT2D eigenvalue weighted by atomic mass is 9.84. The minimum absolute atomic E-state index is 0.0880. The fourth-order valence-electron chi connectivity index (χ4n) is 1.61. The van der Waals surface area contributed by atoms with Crippen molar-refractivity contribution in [1.29, 1.82) is 0 Å². The van der Waals surface area contributed by atoms with E-state index in [-0.39, 0.29) is 11.2 Å². The Morgan fingerprint density at radius 1 is 1.33 bits per heavy atom. The summed E-state index contributed by atoms with van der Waals surface area (Å²) in [6, 6.07) is 0.435. The lowest BCUT2D eigenvalue weighted by Crippen LogP contribution is -2.29. The van der Waals surface area contributed by atoms with Gasteiger partial charge in [-0.2, -0.15) is 0 Å². The molecule has 0 amide bonds. The van der Waals surface area contributed by atoms with Gasteiger partial charge in [-0.1, -0.05) is 20.8 Å². The maximum absolute atomic E-state index is 11.4. The number of hydrogen-bond donors (Lipinski definition) is 1. The van der Waals surface area contributed by atoms with Gasteiger partial charge in [-0.05, 0) is 32.2 Å². The zero-order chi connectivity index (χ0) is 12.1. The van der Waals surface area contributed by atoms with Crippen LogP contribution >= 0.6 is 0 Å². The first kappa shape index (κ1) is 14.9. The standard InChI is InChI=1S/C11H25NO2S/c1-6-15(13,14)8-7-11(3,4)9-10(2)12-5/h10,12H,6-9H2,1-5H3. The third kappa shape index (κ3) is 6.90. The first-order valence-electron chi connectivity index (χ1n) is 5.60. The molecule has 0 aliphatic heterocycles. The molecule has 0 saturated carbocycles. The predicted octanol–water partition coefficient (Wildman–Crippen LogP) is 1.84. The Balaban J connectivity index is 4.15. The summed E-state index contributed by atoms with van der Waals surface area (Å²) in [5, 5.41) is 3.18. The van der Waals surface area contributed by atoms with Crippen LogP contribution in [0.4, 0.5) is 0 Å². The molecule has 1 atom stereocenters. The monoisotopic (exact) mass is 235 g/mol. The van der Waals surface area contributed by atoms with Crippen LogP contribution in [0.25, 0.3) is 0 Å². The van der Waals surface area contributed by atoms with Gasteiger partial charge in [0, 0.05) is 11.8 Å². The normalized spacial score (nSPS) is 15.3. The zero-order valence-electron chi connectivity index (χ0n) is 10.6. The van der Waals surface area contributed by atoms with E-state index in [0.717, 1.165) is 12.8 Å². The van der Waals surface area contributed by atoms with Crippen LogP contribution in [0.3, 0.4) is 0 Å². The highest BCUT2D eigenvalue weighted by Gasteiger charge is 2.22. The van der Waals surface area contributed by atoms with Crippen LogP contribution in [-0.4, -0.2) is 33.0 Å². The summed E-state index contributed by atoms with van der Waals surface area (Å²) in [6.45, 7) is 8.09. The molecule has 0 aromatic heterocycles. The van der Waals surface area contributed by atoms with Gasteiger partial charge < -0.3 is 5.32 Å². The van der Waals surface area contributed by atoms with Crippen LogP contribution in [0, 0.1) is 5.41 Å². The number of sulfone groups is 1. The van der Waals surface area contributed by atoms with Crippen molar-refractivity contribution >= 4 is 9.84 Å². The molecule has 3 nitrogen and oxygen atoms in total. The van der Waals surface area contributed by atoms with Crippen molar-refractivity contribution < 1.29 is 8.42 Å².